The molecule has 0 spiro atoms. The fraction of sp³-hybridized carbons (Fsp3) is 0.333. The van der Waals surface area contributed by atoms with Crippen LogP contribution in [0.1, 0.15) is 30.5 Å². The van der Waals surface area contributed by atoms with Crippen LogP contribution in [0.4, 0.5) is 0 Å². The highest BCUT2D eigenvalue weighted by Crippen LogP contribution is 2.26. The van der Waals surface area contributed by atoms with Crippen molar-refractivity contribution in [3.63, 3.8) is 0 Å². The molecule has 5 nitrogen and oxygen atoms in total. The van der Waals surface area contributed by atoms with Gasteiger partial charge in [0.25, 0.3) is 0 Å². The van der Waals surface area contributed by atoms with E-state index < -0.39 is 0 Å². The van der Waals surface area contributed by atoms with E-state index in [0.717, 1.165) is 30.7 Å². The topological polar surface area (TPSA) is 47.5 Å². The smallest absolute Gasteiger partial charge is 0.249 e. The van der Waals surface area contributed by atoms with Crippen LogP contribution in [0.5, 0.6) is 11.6 Å². The molecule has 0 unspecified atom stereocenters. The Morgan fingerprint density at radius 1 is 0.931 bits per heavy atom. The monoisotopic (exact) mass is 387 g/mol. The minimum Gasteiger partial charge on any atom is -0.494 e. The van der Waals surface area contributed by atoms with E-state index in [0.29, 0.717) is 29.4 Å². The third kappa shape index (κ3) is 4.85. The third-order valence-electron chi connectivity index (χ3n) is 5.04. The summed E-state index contributed by atoms with van der Waals surface area (Å²) in [7, 11) is 1.64. The van der Waals surface area contributed by atoms with Crippen LogP contribution in [-0.2, 0) is 0 Å². The van der Waals surface area contributed by atoms with Crippen molar-refractivity contribution in [2.75, 3.05) is 33.4 Å². The Balaban J connectivity index is 1.62. The van der Waals surface area contributed by atoms with Crippen molar-refractivity contribution in [3.8, 4) is 23.5 Å². The van der Waals surface area contributed by atoms with Crippen LogP contribution in [0, 0.1) is 11.8 Å². The van der Waals surface area contributed by atoms with Gasteiger partial charge in [-0.15, -0.1) is 0 Å². The van der Waals surface area contributed by atoms with Crippen molar-refractivity contribution in [1.82, 2.24) is 14.9 Å². The Bertz CT molecular complexity index is 1020. The summed E-state index contributed by atoms with van der Waals surface area (Å²) in [5.41, 5.74) is 2.91. The second-order valence-corrected chi connectivity index (χ2v) is 7.07. The molecule has 3 aromatic rings. The van der Waals surface area contributed by atoms with Gasteiger partial charge in [-0.25, -0.2) is 9.97 Å². The second kappa shape index (κ2) is 9.40. The molecule has 1 saturated heterocycles. The van der Waals surface area contributed by atoms with Crippen LogP contribution in [0.2, 0.25) is 0 Å². The van der Waals surface area contributed by atoms with Gasteiger partial charge in [0, 0.05) is 12.1 Å². The Morgan fingerprint density at radius 2 is 1.76 bits per heavy atom. The Morgan fingerprint density at radius 3 is 2.55 bits per heavy atom. The molecule has 0 radical (unpaired) electrons. The first-order valence-corrected chi connectivity index (χ1v) is 10.1. The van der Waals surface area contributed by atoms with Crippen molar-refractivity contribution in [2.24, 2.45) is 0 Å². The van der Waals surface area contributed by atoms with Gasteiger partial charge < -0.3 is 9.47 Å². The minimum absolute atomic E-state index is 0.461. The number of para-hydroxylation sites is 1. The molecule has 0 atom stereocenters. The molecule has 1 aliphatic rings. The quantitative estimate of drug-likeness (QED) is 0.622. The van der Waals surface area contributed by atoms with Crippen LogP contribution in [0.15, 0.2) is 48.5 Å². The molecule has 0 bridgehead atoms. The van der Waals surface area contributed by atoms with Crippen LogP contribution in [0.3, 0.4) is 0 Å². The summed E-state index contributed by atoms with van der Waals surface area (Å²) >= 11 is 0. The first kappa shape index (κ1) is 19.2. The summed E-state index contributed by atoms with van der Waals surface area (Å²) in [6, 6.07) is 15.6. The number of hydrogen-bond acceptors (Lipinski definition) is 5. The number of ether oxygens (including phenoxy) is 2. The number of aromatic nitrogens is 2. The zero-order valence-electron chi connectivity index (χ0n) is 16.7. The van der Waals surface area contributed by atoms with E-state index in [9.17, 15) is 0 Å². The molecular weight excluding hydrogens is 362 g/mol. The standard InChI is InChI=1S/C24H25N3O2/c1-28-22-12-8-11-20-23(22)26-24(29-18-17-27-15-6-3-7-16-27)21(25-20)14-13-19-9-4-2-5-10-19/h2,4-5,8-12H,3,6-7,15-18H2,1H3. The van der Waals surface area contributed by atoms with Crippen molar-refractivity contribution in [3.05, 3.63) is 59.8 Å². The highest BCUT2D eigenvalue weighted by atomic mass is 16.5. The van der Waals surface area contributed by atoms with Gasteiger partial charge in [-0.05, 0) is 56.1 Å². The van der Waals surface area contributed by atoms with E-state index >= 15 is 0 Å². The van der Waals surface area contributed by atoms with Crippen molar-refractivity contribution in [2.45, 2.75) is 19.3 Å². The molecule has 1 aromatic heterocycles. The number of rotatable bonds is 5. The summed E-state index contributed by atoms with van der Waals surface area (Å²) in [6.07, 6.45) is 3.86. The molecule has 1 aliphatic heterocycles. The normalized spacial score (nSPS) is 14.2. The largest absolute Gasteiger partial charge is 0.494 e. The molecular formula is C24H25N3O2. The summed E-state index contributed by atoms with van der Waals surface area (Å²) in [4.78, 5) is 11.9. The van der Waals surface area contributed by atoms with E-state index in [2.05, 4.69) is 16.7 Å². The van der Waals surface area contributed by atoms with Crippen molar-refractivity contribution in [1.29, 1.82) is 0 Å². The molecule has 0 N–H and O–H groups in total. The Labute approximate surface area is 171 Å². The van der Waals surface area contributed by atoms with E-state index in [1.165, 1.54) is 19.3 Å². The summed E-state index contributed by atoms with van der Waals surface area (Å²) < 4.78 is 11.5. The molecule has 148 valence electrons. The lowest BCUT2D eigenvalue weighted by atomic mass is 10.1. The van der Waals surface area contributed by atoms with Crippen LogP contribution in [-0.4, -0.2) is 48.2 Å². The van der Waals surface area contributed by atoms with E-state index in [-0.39, 0.29) is 0 Å². The maximum atomic E-state index is 6.06. The van der Waals surface area contributed by atoms with Gasteiger partial charge in [-0.2, -0.15) is 0 Å². The van der Waals surface area contributed by atoms with Crippen molar-refractivity contribution >= 4 is 11.0 Å². The second-order valence-electron chi connectivity index (χ2n) is 7.07. The Hall–Kier alpha value is -3.10. The zero-order chi connectivity index (χ0) is 19.9. The third-order valence-corrected chi connectivity index (χ3v) is 5.04. The van der Waals surface area contributed by atoms with Gasteiger partial charge in [-0.3, -0.25) is 4.90 Å². The number of fused-ring (bicyclic) bond motifs is 1. The minimum atomic E-state index is 0.461. The molecule has 2 heterocycles. The predicted octanol–water partition coefficient (Wildman–Crippen LogP) is 3.90. The van der Waals surface area contributed by atoms with Crippen molar-refractivity contribution < 1.29 is 9.47 Å². The average molecular weight is 387 g/mol. The van der Waals surface area contributed by atoms with Gasteiger partial charge >= 0.3 is 0 Å². The lowest BCUT2D eigenvalue weighted by Crippen LogP contribution is -2.33. The summed E-state index contributed by atoms with van der Waals surface area (Å²) in [6.45, 7) is 3.73. The van der Waals surface area contributed by atoms with Gasteiger partial charge in [0.1, 0.15) is 17.9 Å². The molecule has 0 aliphatic carbocycles. The number of piperidine rings is 1. The fourth-order valence-electron chi connectivity index (χ4n) is 3.49. The maximum absolute atomic E-state index is 6.06. The van der Waals surface area contributed by atoms with Crippen LogP contribution >= 0.6 is 0 Å². The number of likely N-dealkylation sites (tertiary alicyclic amines) is 1. The van der Waals surface area contributed by atoms with Gasteiger partial charge in [0.05, 0.1) is 12.6 Å². The van der Waals surface area contributed by atoms with Gasteiger partial charge in [0.15, 0.2) is 5.69 Å². The first-order chi connectivity index (χ1) is 14.3. The molecule has 4 rings (SSSR count). The van der Waals surface area contributed by atoms with E-state index in [1.54, 1.807) is 7.11 Å². The van der Waals surface area contributed by atoms with Crippen LogP contribution < -0.4 is 9.47 Å². The lowest BCUT2D eigenvalue weighted by Gasteiger charge is -2.26. The molecule has 0 saturated carbocycles. The average Bonchev–Trinajstić information content (AvgIpc) is 2.78. The first-order valence-electron chi connectivity index (χ1n) is 10.1. The maximum Gasteiger partial charge on any atom is 0.249 e. The molecule has 1 fully saturated rings. The van der Waals surface area contributed by atoms with Crippen LogP contribution in [0.25, 0.3) is 11.0 Å². The highest BCUT2D eigenvalue weighted by molar-refractivity contribution is 5.82. The van der Waals surface area contributed by atoms with E-state index in [1.807, 2.05) is 48.5 Å². The summed E-state index contributed by atoms with van der Waals surface area (Å²) in [5, 5.41) is 0. The molecule has 0 amide bonds. The molecule has 5 heteroatoms. The molecule has 29 heavy (non-hydrogen) atoms. The zero-order valence-corrected chi connectivity index (χ0v) is 16.7. The van der Waals surface area contributed by atoms with Gasteiger partial charge in [-0.1, -0.05) is 36.6 Å². The molecule has 2 aromatic carbocycles. The fourth-order valence-corrected chi connectivity index (χ4v) is 3.49. The lowest BCUT2D eigenvalue weighted by molar-refractivity contribution is 0.180. The SMILES string of the molecule is COc1cccc2nc(C#Cc3ccccc3)c(OCCN3CCCCC3)nc12. The van der Waals surface area contributed by atoms with E-state index in [4.69, 9.17) is 19.4 Å². The number of benzene rings is 2. The van der Waals surface area contributed by atoms with Gasteiger partial charge in [0.2, 0.25) is 5.88 Å². The number of hydrogen-bond donors (Lipinski definition) is 0. The highest BCUT2D eigenvalue weighted by Gasteiger charge is 2.14. The number of methoxy groups -OCH3 is 1. The predicted molar refractivity (Wildman–Crippen MR) is 114 cm³/mol. The summed E-state index contributed by atoms with van der Waals surface area (Å²) in [5.74, 6) is 7.44. The number of nitrogens with zero attached hydrogens (tertiary/aromatic N) is 3. The Kier molecular flexibility index (Phi) is 6.23.